The third-order valence-corrected chi connectivity index (χ3v) is 5.80. The van der Waals surface area contributed by atoms with Gasteiger partial charge in [-0.2, -0.15) is 0 Å². The minimum atomic E-state index is -0.266. The maximum Gasteiger partial charge on any atom is 0.242 e. The lowest BCUT2D eigenvalue weighted by molar-refractivity contribution is -0.140. The lowest BCUT2D eigenvalue weighted by atomic mass is 10.2. The summed E-state index contributed by atoms with van der Waals surface area (Å²) in [6.07, 6.45) is 2.64. The molecule has 0 aliphatic heterocycles. The lowest BCUT2D eigenvalue weighted by Crippen LogP contribution is -2.42. The standard InChI is InChI=1S/C28H34FN3O3/c1-3-35-18-8-17-30(23(2)33)22-28(34)32(20-24-9-5-4-6-10-24)21-27-11-7-16-31(27)19-25-12-14-26(29)15-13-25/h4-7,9-16H,3,8,17-22H2,1-2H3. The second-order valence-corrected chi connectivity index (χ2v) is 8.48. The molecule has 0 unspecified atom stereocenters. The molecule has 0 fully saturated rings. The molecule has 0 spiro atoms. The van der Waals surface area contributed by atoms with Crippen molar-refractivity contribution in [1.29, 1.82) is 0 Å². The van der Waals surface area contributed by atoms with E-state index >= 15 is 0 Å². The molecule has 186 valence electrons. The molecule has 0 N–H and O–H groups in total. The predicted octanol–water partition coefficient (Wildman–Crippen LogP) is 4.48. The first-order valence-corrected chi connectivity index (χ1v) is 12.0. The van der Waals surface area contributed by atoms with Gasteiger partial charge in [0.1, 0.15) is 5.82 Å². The van der Waals surface area contributed by atoms with Gasteiger partial charge in [-0.05, 0) is 48.7 Å². The molecule has 3 aromatic rings. The number of nitrogens with zero attached hydrogens (tertiary/aromatic N) is 3. The Morgan fingerprint density at radius 2 is 1.66 bits per heavy atom. The highest BCUT2D eigenvalue weighted by Gasteiger charge is 2.21. The minimum absolute atomic E-state index is 0.0208. The molecule has 2 aromatic carbocycles. The smallest absolute Gasteiger partial charge is 0.242 e. The van der Waals surface area contributed by atoms with E-state index in [2.05, 4.69) is 4.57 Å². The van der Waals surface area contributed by atoms with Crippen LogP contribution < -0.4 is 0 Å². The van der Waals surface area contributed by atoms with E-state index in [1.54, 1.807) is 21.9 Å². The quantitative estimate of drug-likeness (QED) is 0.340. The first-order valence-electron chi connectivity index (χ1n) is 12.0. The van der Waals surface area contributed by atoms with E-state index in [4.69, 9.17) is 4.74 Å². The zero-order valence-electron chi connectivity index (χ0n) is 20.5. The van der Waals surface area contributed by atoms with Crippen LogP contribution in [0.25, 0.3) is 0 Å². The monoisotopic (exact) mass is 479 g/mol. The van der Waals surface area contributed by atoms with Crippen LogP contribution in [0, 0.1) is 5.82 Å². The number of aromatic nitrogens is 1. The maximum absolute atomic E-state index is 13.4. The second-order valence-electron chi connectivity index (χ2n) is 8.48. The number of hydrogen-bond donors (Lipinski definition) is 0. The third-order valence-electron chi connectivity index (χ3n) is 5.80. The summed E-state index contributed by atoms with van der Waals surface area (Å²) in [4.78, 5) is 29.0. The van der Waals surface area contributed by atoms with Crippen molar-refractivity contribution in [3.63, 3.8) is 0 Å². The lowest BCUT2D eigenvalue weighted by Gasteiger charge is -2.28. The van der Waals surface area contributed by atoms with Crippen LogP contribution in [-0.4, -0.2) is 52.5 Å². The largest absolute Gasteiger partial charge is 0.382 e. The van der Waals surface area contributed by atoms with Crippen LogP contribution in [0.1, 0.15) is 37.1 Å². The first kappa shape index (κ1) is 26.2. The number of carbonyl (C=O) groups is 2. The van der Waals surface area contributed by atoms with E-state index in [0.29, 0.717) is 45.8 Å². The highest BCUT2D eigenvalue weighted by atomic mass is 19.1. The van der Waals surface area contributed by atoms with E-state index in [1.807, 2.05) is 55.6 Å². The Labute approximate surface area is 206 Å². The average Bonchev–Trinajstić information content (AvgIpc) is 3.29. The maximum atomic E-state index is 13.4. The number of amides is 2. The molecule has 0 saturated carbocycles. The molecule has 1 aromatic heterocycles. The Bertz CT molecular complexity index is 1070. The molecule has 0 saturated heterocycles. The molecule has 0 aliphatic rings. The first-order chi connectivity index (χ1) is 17.0. The molecule has 0 aliphatic carbocycles. The Morgan fingerprint density at radius 1 is 0.914 bits per heavy atom. The number of rotatable bonds is 13. The van der Waals surface area contributed by atoms with Crippen molar-refractivity contribution in [3.8, 4) is 0 Å². The van der Waals surface area contributed by atoms with Crippen LogP contribution >= 0.6 is 0 Å². The molecule has 1 heterocycles. The van der Waals surface area contributed by atoms with Gasteiger partial charge in [0.25, 0.3) is 0 Å². The van der Waals surface area contributed by atoms with Crippen molar-refractivity contribution in [2.75, 3.05) is 26.3 Å². The molecule has 2 amide bonds. The number of halogens is 1. The van der Waals surface area contributed by atoms with Crippen LogP contribution in [0.5, 0.6) is 0 Å². The zero-order chi connectivity index (χ0) is 25.0. The molecule has 3 rings (SSSR count). The SMILES string of the molecule is CCOCCCN(CC(=O)N(Cc1ccccc1)Cc1cccn1Cc1ccc(F)cc1)C(C)=O. The molecule has 7 heteroatoms. The van der Waals surface area contributed by atoms with Gasteiger partial charge in [-0.3, -0.25) is 9.59 Å². The molecule has 0 atom stereocenters. The molecule has 0 bridgehead atoms. The van der Waals surface area contributed by atoms with Gasteiger partial charge in [-0.15, -0.1) is 0 Å². The van der Waals surface area contributed by atoms with Crippen molar-refractivity contribution in [1.82, 2.24) is 14.4 Å². The van der Waals surface area contributed by atoms with Crippen LogP contribution in [0.4, 0.5) is 4.39 Å². The minimum Gasteiger partial charge on any atom is -0.382 e. The summed E-state index contributed by atoms with van der Waals surface area (Å²) in [5, 5.41) is 0. The molecule has 35 heavy (non-hydrogen) atoms. The van der Waals surface area contributed by atoms with Crippen LogP contribution in [0.3, 0.4) is 0 Å². The topological polar surface area (TPSA) is 54.8 Å². The normalized spacial score (nSPS) is 10.8. The summed E-state index contributed by atoms with van der Waals surface area (Å²) in [5.74, 6) is -0.512. The Hall–Kier alpha value is -3.45. The Kier molecular flexibility index (Phi) is 10.0. The molecule has 0 radical (unpaired) electrons. The summed E-state index contributed by atoms with van der Waals surface area (Å²) < 4.78 is 20.7. The summed E-state index contributed by atoms with van der Waals surface area (Å²) in [6.45, 7) is 6.50. The van der Waals surface area contributed by atoms with Crippen molar-refractivity contribution in [3.05, 3.63) is 95.6 Å². The van der Waals surface area contributed by atoms with Gasteiger partial charge in [0.15, 0.2) is 0 Å². The summed E-state index contributed by atoms with van der Waals surface area (Å²) >= 11 is 0. The van der Waals surface area contributed by atoms with E-state index in [-0.39, 0.29) is 24.2 Å². The van der Waals surface area contributed by atoms with Gasteiger partial charge in [0.05, 0.1) is 13.1 Å². The summed E-state index contributed by atoms with van der Waals surface area (Å²) in [5.41, 5.74) is 2.95. The van der Waals surface area contributed by atoms with Crippen molar-refractivity contribution in [2.45, 2.75) is 39.9 Å². The average molecular weight is 480 g/mol. The fourth-order valence-corrected chi connectivity index (χ4v) is 3.88. The van der Waals surface area contributed by atoms with Gasteiger partial charge in [-0.25, -0.2) is 4.39 Å². The molecular weight excluding hydrogens is 445 g/mol. The molecule has 6 nitrogen and oxygen atoms in total. The van der Waals surface area contributed by atoms with E-state index in [0.717, 1.165) is 16.8 Å². The highest BCUT2D eigenvalue weighted by molar-refractivity contribution is 5.83. The van der Waals surface area contributed by atoms with Crippen molar-refractivity contribution < 1.29 is 18.7 Å². The van der Waals surface area contributed by atoms with Gasteiger partial charge in [0.2, 0.25) is 11.8 Å². The van der Waals surface area contributed by atoms with Crippen LogP contribution in [-0.2, 0) is 34.0 Å². The van der Waals surface area contributed by atoms with Crippen molar-refractivity contribution >= 4 is 11.8 Å². The van der Waals surface area contributed by atoms with E-state index in [9.17, 15) is 14.0 Å². The summed E-state index contributed by atoms with van der Waals surface area (Å²) in [7, 11) is 0. The van der Waals surface area contributed by atoms with Gasteiger partial charge in [0, 0.05) is 51.7 Å². The van der Waals surface area contributed by atoms with E-state index < -0.39 is 0 Å². The predicted molar refractivity (Wildman–Crippen MR) is 134 cm³/mol. The van der Waals surface area contributed by atoms with Crippen LogP contribution in [0.2, 0.25) is 0 Å². The van der Waals surface area contributed by atoms with Gasteiger partial charge in [-0.1, -0.05) is 42.5 Å². The number of benzene rings is 2. The summed E-state index contributed by atoms with van der Waals surface area (Å²) in [6, 6.07) is 20.2. The van der Waals surface area contributed by atoms with E-state index in [1.165, 1.54) is 19.1 Å². The van der Waals surface area contributed by atoms with Gasteiger partial charge >= 0.3 is 0 Å². The second kappa shape index (κ2) is 13.4. The van der Waals surface area contributed by atoms with Crippen molar-refractivity contribution in [2.24, 2.45) is 0 Å². The Morgan fingerprint density at radius 3 is 2.34 bits per heavy atom. The number of carbonyl (C=O) groups excluding carboxylic acids is 2. The number of hydrogen-bond acceptors (Lipinski definition) is 3. The van der Waals surface area contributed by atoms with Crippen LogP contribution in [0.15, 0.2) is 72.9 Å². The van der Waals surface area contributed by atoms with Gasteiger partial charge < -0.3 is 19.1 Å². The molecular formula is C28H34FN3O3. The fraction of sp³-hybridized carbons (Fsp3) is 0.357. The highest BCUT2D eigenvalue weighted by Crippen LogP contribution is 2.15. The zero-order valence-corrected chi connectivity index (χ0v) is 20.5. The fourth-order valence-electron chi connectivity index (χ4n) is 3.88. The Balaban J connectivity index is 1.75. The number of ether oxygens (including phenoxy) is 1. The third kappa shape index (κ3) is 8.37.